The van der Waals surface area contributed by atoms with E-state index in [0.29, 0.717) is 5.69 Å². The molecule has 1 fully saturated rings. The highest BCUT2D eigenvalue weighted by Crippen LogP contribution is 2.33. The average molecular weight is 234 g/mol. The van der Waals surface area contributed by atoms with Crippen LogP contribution in [0.15, 0.2) is 18.2 Å². The Morgan fingerprint density at radius 3 is 2.88 bits per heavy atom. The standard InChI is InChI=1S/C13H18N2O2/c1-10-4-7-12(13(9-10)15(16)17)14-8-2-3-11-5-6-11/h4,7,9,11,14H,2-3,5-6,8H2,1H3. The Hall–Kier alpha value is -1.58. The third-order valence-electron chi connectivity index (χ3n) is 3.15. The maximum Gasteiger partial charge on any atom is 0.292 e. The lowest BCUT2D eigenvalue weighted by molar-refractivity contribution is -0.384. The zero-order valence-corrected chi connectivity index (χ0v) is 10.1. The largest absolute Gasteiger partial charge is 0.379 e. The van der Waals surface area contributed by atoms with Gasteiger partial charge in [-0.05, 0) is 37.3 Å². The van der Waals surface area contributed by atoms with Crippen molar-refractivity contribution in [2.24, 2.45) is 5.92 Å². The first-order valence-corrected chi connectivity index (χ1v) is 6.16. The molecule has 1 aromatic carbocycles. The van der Waals surface area contributed by atoms with Crippen LogP contribution in [0, 0.1) is 23.0 Å². The van der Waals surface area contributed by atoms with Crippen LogP contribution in [0.5, 0.6) is 0 Å². The molecule has 0 amide bonds. The summed E-state index contributed by atoms with van der Waals surface area (Å²) < 4.78 is 0. The first-order valence-electron chi connectivity index (χ1n) is 6.16. The molecule has 4 heteroatoms. The number of nitrogens with zero attached hydrogens (tertiary/aromatic N) is 1. The van der Waals surface area contributed by atoms with E-state index in [1.54, 1.807) is 12.1 Å². The third kappa shape index (κ3) is 3.44. The van der Waals surface area contributed by atoms with Crippen LogP contribution in [-0.4, -0.2) is 11.5 Å². The smallest absolute Gasteiger partial charge is 0.292 e. The van der Waals surface area contributed by atoms with Gasteiger partial charge in [0.15, 0.2) is 0 Å². The molecule has 0 spiro atoms. The molecule has 0 saturated heterocycles. The Labute approximate surface area is 101 Å². The summed E-state index contributed by atoms with van der Waals surface area (Å²) in [7, 11) is 0. The Morgan fingerprint density at radius 1 is 1.47 bits per heavy atom. The van der Waals surface area contributed by atoms with Gasteiger partial charge in [-0.2, -0.15) is 0 Å². The summed E-state index contributed by atoms with van der Waals surface area (Å²) in [5.74, 6) is 0.921. The molecule has 0 heterocycles. The molecule has 1 aromatic rings. The quantitative estimate of drug-likeness (QED) is 0.465. The van der Waals surface area contributed by atoms with Crippen LogP contribution in [0.1, 0.15) is 31.2 Å². The Morgan fingerprint density at radius 2 is 2.24 bits per heavy atom. The highest BCUT2D eigenvalue weighted by Gasteiger charge is 2.20. The fourth-order valence-corrected chi connectivity index (χ4v) is 1.96. The highest BCUT2D eigenvalue weighted by atomic mass is 16.6. The van der Waals surface area contributed by atoms with Crippen molar-refractivity contribution in [3.8, 4) is 0 Å². The second kappa shape index (κ2) is 5.17. The number of aryl methyl sites for hydroxylation is 1. The topological polar surface area (TPSA) is 55.2 Å². The molecule has 1 aliphatic carbocycles. The van der Waals surface area contributed by atoms with Crippen LogP contribution in [0.4, 0.5) is 11.4 Å². The number of hydrogen-bond donors (Lipinski definition) is 1. The van der Waals surface area contributed by atoms with Crippen LogP contribution in [0.25, 0.3) is 0 Å². The predicted molar refractivity (Wildman–Crippen MR) is 68.3 cm³/mol. The van der Waals surface area contributed by atoms with Crippen molar-refractivity contribution in [2.45, 2.75) is 32.6 Å². The van der Waals surface area contributed by atoms with E-state index in [2.05, 4.69) is 5.32 Å². The number of anilines is 1. The van der Waals surface area contributed by atoms with E-state index in [1.807, 2.05) is 13.0 Å². The SMILES string of the molecule is Cc1ccc(NCCCC2CC2)c([N+](=O)[O-])c1. The van der Waals surface area contributed by atoms with Crippen molar-refractivity contribution >= 4 is 11.4 Å². The van der Waals surface area contributed by atoms with Crippen molar-refractivity contribution < 1.29 is 4.92 Å². The second-order valence-electron chi connectivity index (χ2n) is 4.79. The molecule has 0 bridgehead atoms. The lowest BCUT2D eigenvalue weighted by atomic mass is 10.2. The number of hydrogen-bond acceptors (Lipinski definition) is 3. The number of rotatable bonds is 6. The summed E-state index contributed by atoms with van der Waals surface area (Å²) in [6, 6.07) is 5.31. The van der Waals surface area contributed by atoms with Gasteiger partial charge < -0.3 is 5.32 Å². The molecule has 0 radical (unpaired) electrons. The number of benzene rings is 1. The second-order valence-corrected chi connectivity index (χ2v) is 4.79. The molecule has 4 nitrogen and oxygen atoms in total. The normalized spacial score (nSPS) is 14.6. The van der Waals surface area contributed by atoms with Gasteiger partial charge in [-0.25, -0.2) is 0 Å². The molecule has 0 unspecified atom stereocenters. The molecule has 0 aliphatic heterocycles. The molecule has 1 aliphatic rings. The maximum atomic E-state index is 10.9. The average Bonchev–Trinajstić information content (AvgIpc) is 3.09. The van der Waals surface area contributed by atoms with Crippen LogP contribution >= 0.6 is 0 Å². The molecule has 2 rings (SSSR count). The van der Waals surface area contributed by atoms with E-state index in [-0.39, 0.29) is 10.6 Å². The third-order valence-corrected chi connectivity index (χ3v) is 3.15. The minimum Gasteiger partial charge on any atom is -0.379 e. The van der Waals surface area contributed by atoms with E-state index in [1.165, 1.54) is 19.3 Å². The van der Waals surface area contributed by atoms with E-state index in [4.69, 9.17) is 0 Å². The zero-order valence-electron chi connectivity index (χ0n) is 10.1. The van der Waals surface area contributed by atoms with Crippen LogP contribution < -0.4 is 5.32 Å². The molecule has 1 saturated carbocycles. The number of nitro groups is 1. The van der Waals surface area contributed by atoms with Crippen molar-refractivity contribution in [1.82, 2.24) is 0 Å². The van der Waals surface area contributed by atoms with Gasteiger partial charge in [-0.1, -0.05) is 18.9 Å². The number of nitro benzene ring substituents is 1. The molecule has 0 atom stereocenters. The monoisotopic (exact) mass is 234 g/mol. The minimum absolute atomic E-state index is 0.177. The fourth-order valence-electron chi connectivity index (χ4n) is 1.96. The summed E-state index contributed by atoms with van der Waals surface area (Å²) >= 11 is 0. The highest BCUT2D eigenvalue weighted by molar-refractivity contribution is 5.62. The van der Waals surface area contributed by atoms with Crippen molar-refractivity contribution in [3.63, 3.8) is 0 Å². The van der Waals surface area contributed by atoms with Gasteiger partial charge in [0.05, 0.1) is 4.92 Å². The molecule has 0 aromatic heterocycles. The van der Waals surface area contributed by atoms with Gasteiger partial charge in [0.25, 0.3) is 5.69 Å². The molecule has 1 N–H and O–H groups in total. The minimum atomic E-state index is -0.323. The van der Waals surface area contributed by atoms with Crippen molar-refractivity contribution in [1.29, 1.82) is 0 Å². The maximum absolute atomic E-state index is 10.9. The molecular weight excluding hydrogens is 216 g/mol. The fraction of sp³-hybridized carbons (Fsp3) is 0.538. The number of nitrogens with one attached hydrogen (secondary N) is 1. The first-order chi connectivity index (χ1) is 8.16. The van der Waals surface area contributed by atoms with Crippen LogP contribution in [-0.2, 0) is 0 Å². The lowest BCUT2D eigenvalue weighted by Gasteiger charge is -2.07. The molecular formula is C13H18N2O2. The summed E-state index contributed by atoms with van der Waals surface area (Å²) in [5.41, 5.74) is 1.73. The Kier molecular flexibility index (Phi) is 3.61. The van der Waals surface area contributed by atoms with E-state index >= 15 is 0 Å². The van der Waals surface area contributed by atoms with E-state index in [0.717, 1.165) is 24.4 Å². The van der Waals surface area contributed by atoms with Gasteiger partial charge in [0.2, 0.25) is 0 Å². The van der Waals surface area contributed by atoms with Crippen molar-refractivity contribution in [2.75, 3.05) is 11.9 Å². The van der Waals surface area contributed by atoms with Crippen LogP contribution in [0.2, 0.25) is 0 Å². The van der Waals surface area contributed by atoms with Gasteiger partial charge in [-0.15, -0.1) is 0 Å². The van der Waals surface area contributed by atoms with Gasteiger partial charge >= 0.3 is 0 Å². The lowest BCUT2D eigenvalue weighted by Crippen LogP contribution is -2.04. The van der Waals surface area contributed by atoms with Crippen molar-refractivity contribution in [3.05, 3.63) is 33.9 Å². The Bertz CT molecular complexity index is 414. The zero-order chi connectivity index (χ0) is 12.3. The summed E-state index contributed by atoms with van der Waals surface area (Å²) in [6.07, 6.45) is 5.07. The van der Waals surface area contributed by atoms with Gasteiger partial charge in [0, 0.05) is 12.6 Å². The first kappa shape index (κ1) is 11.9. The summed E-state index contributed by atoms with van der Waals surface area (Å²) in [6.45, 7) is 2.68. The molecule has 17 heavy (non-hydrogen) atoms. The summed E-state index contributed by atoms with van der Waals surface area (Å²) in [5, 5.41) is 14.1. The van der Waals surface area contributed by atoms with Crippen LogP contribution in [0.3, 0.4) is 0 Å². The Balaban J connectivity index is 1.91. The molecule has 92 valence electrons. The van der Waals surface area contributed by atoms with Gasteiger partial charge in [0.1, 0.15) is 5.69 Å². The van der Waals surface area contributed by atoms with E-state index in [9.17, 15) is 10.1 Å². The van der Waals surface area contributed by atoms with E-state index < -0.39 is 0 Å². The van der Waals surface area contributed by atoms with Gasteiger partial charge in [-0.3, -0.25) is 10.1 Å². The summed E-state index contributed by atoms with van der Waals surface area (Å²) in [4.78, 5) is 10.6. The predicted octanol–water partition coefficient (Wildman–Crippen LogP) is 3.51.